The maximum absolute atomic E-state index is 13.7. The van der Waals surface area contributed by atoms with Gasteiger partial charge < -0.3 is 10.2 Å². The van der Waals surface area contributed by atoms with Gasteiger partial charge in [-0.15, -0.1) is 0 Å². The summed E-state index contributed by atoms with van der Waals surface area (Å²) in [5, 5.41) is 3.19. The molecule has 1 N–H and O–H groups in total. The molecule has 27 heavy (non-hydrogen) atoms. The van der Waals surface area contributed by atoms with E-state index in [-0.39, 0.29) is 16.9 Å². The molecule has 5 heteroatoms. The van der Waals surface area contributed by atoms with Gasteiger partial charge in [-0.25, -0.2) is 0 Å². The van der Waals surface area contributed by atoms with E-state index in [0.29, 0.717) is 24.4 Å². The van der Waals surface area contributed by atoms with E-state index in [2.05, 4.69) is 42.0 Å². The van der Waals surface area contributed by atoms with Gasteiger partial charge >= 0.3 is 0 Å². The van der Waals surface area contributed by atoms with E-state index in [1.807, 2.05) is 0 Å². The number of carbonyl (C=O) groups is 2. The highest BCUT2D eigenvalue weighted by Crippen LogP contribution is 2.53. The molecule has 4 fully saturated rings. The van der Waals surface area contributed by atoms with Crippen molar-refractivity contribution in [2.75, 3.05) is 19.6 Å². The van der Waals surface area contributed by atoms with Crippen LogP contribution in [0.25, 0.3) is 0 Å². The van der Waals surface area contributed by atoms with Crippen molar-refractivity contribution in [3.63, 3.8) is 0 Å². The van der Waals surface area contributed by atoms with E-state index in [1.54, 1.807) is 0 Å². The number of fused-ring (bicyclic) bond motifs is 2. The summed E-state index contributed by atoms with van der Waals surface area (Å²) in [6, 6.07) is 0.970. The number of carbonyl (C=O) groups excluding carboxylic acids is 2. The summed E-state index contributed by atoms with van der Waals surface area (Å²) in [5.41, 5.74) is 1.13. The summed E-state index contributed by atoms with van der Waals surface area (Å²) in [6.07, 6.45) is 10.1. The van der Waals surface area contributed by atoms with Gasteiger partial charge in [-0.2, -0.15) is 0 Å². The van der Waals surface area contributed by atoms with Crippen molar-refractivity contribution in [1.29, 1.82) is 0 Å². The average Bonchev–Trinajstić information content (AvgIpc) is 3.31. The van der Waals surface area contributed by atoms with Crippen LogP contribution in [-0.4, -0.2) is 58.9 Å². The summed E-state index contributed by atoms with van der Waals surface area (Å²) in [7, 11) is 0. The van der Waals surface area contributed by atoms with Crippen LogP contribution >= 0.6 is 0 Å². The van der Waals surface area contributed by atoms with Crippen LogP contribution in [0.1, 0.15) is 72.1 Å². The van der Waals surface area contributed by atoms with Crippen LogP contribution in [-0.2, 0) is 9.59 Å². The normalized spacial score (nSPS) is 34.9. The van der Waals surface area contributed by atoms with Crippen LogP contribution in [0.4, 0.5) is 0 Å². The lowest BCUT2D eigenvalue weighted by molar-refractivity contribution is -0.146. The fraction of sp³-hybridized carbons (Fsp3) is 0.818. The summed E-state index contributed by atoms with van der Waals surface area (Å²) >= 11 is 0. The summed E-state index contributed by atoms with van der Waals surface area (Å²) in [6.45, 7) is 9.10. The number of amides is 2. The van der Waals surface area contributed by atoms with Crippen LogP contribution in [0, 0.1) is 5.41 Å². The number of hydrogen-bond donors (Lipinski definition) is 1. The molecule has 0 radical (unpaired) electrons. The van der Waals surface area contributed by atoms with E-state index in [9.17, 15) is 9.59 Å². The fourth-order valence-corrected chi connectivity index (χ4v) is 6.23. The minimum absolute atomic E-state index is 0.0304. The highest BCUT2D eigenvalue weighted by molar-refractivity contribution is 5.85. The molecule has 4 saturated heterocycles. The Morgan fingerprint density at radius 3 is 2.56 bits per heavy atom. The number of piperidine rings is 1. The number of nitrogens with one attached hydrogen (secondary N) is 1. The Morgan fingerprint density at radius 1 is 1.22 bits per heavy atom. The summed E-state index contributed by atoms with van der Waals surface area (Å²) < 4.78 is 0. The number of nitrogens with zero attached hydrogens (tertiary/aromatic N) is 2. The Balaban J connectivity index is 1.46. The molecule has 3 atom stereocenters. The topological polar surface area (TPSA) is 52.7 Å². The monoisotopic (exact) mass is 373 g/mol. The molecule has 4 heterocycles. The first-order valence-corrected chi connectivity index (χ1v) is 10.9. The van der Waals surface area contributed by atoms with Crippen molar-refractivity contribution in [2.45, 2.75) is 89.8 Å². The Morgan fingerprint density at radius 2 is 1.96 bits per heavy atom. The second kappa shape index (κ2) is 6.91. The minimum atomic E-state index is -0.193. The first-order valence-electron chi connectivity index (χ1n) is 10.9. The molecule has 150 valence electrons. The first kappa shape index (κ1) is 19.0. The molecule has 2 amide bonds. The number of rotatable bonds is 4. The van der Waals surface area contributed by atoms with Crippen LogP contribution < -0.4 is 5.32 Å². The number of likely N-dealkylation sites (tertiary alicyclic amines) is 1. The zero-order valence-corrected chi connectivity index (χ0v) is 17.2. The predicted molar refractivity (Wildman–Crippen MR) is 106 cm³/mol. The number of hydrogen-bond acceptors (Lipinski definition) is 3. The van der Waals surface area contributed by atoms with E-state index >= 15 is 0 Å². The van der Waals surface area contributed by atoms with Crippen molar-refractivity contribution in [1.82, 2.24) is 15.1 Å². The predicted octanol–water partition coefficient (Wildman–Crippen LogP) is 2.86. The third-order valence-electron chi connectivity index (χ3n) is 7.89. The Hall–Kier alpha value is -1.36. The molecule has 4 aliphatic heterocycles. The van der Waals surface area contributed by atoms with Crippen LogP contribution in [0.3, 0.4) is 0 Å². The molecule has 2 bridgehead atoms. The lowest BCUT2D eigenvalue weighted by Crippen LogP contribution is -2.57. The minimum Gasteiger partial charge on any atom is -0.351 e. The molecule has 0 aliphatic carbocycles. The maximum atomic E-state index is 13.7. The molecule has 0 aromatic carbocycles. The molecule has 5 nitrogen and oxygen atoms in total. The van der Waals surface area contributed by atoms with Crippen molar-refractivity contribution >= 4 is 11.8 Å². The molecule has 4 rings (SSSR count). The lowest BCUT2D eigenvalue weighted by atomic mass is 9.70. The van der Waals surface area contributed by atoms with Gasteiger partial charge in [-0.05, 0) is 58.8 Å². The SMILES string of the molecule is CC[C@]1(C(=O)N2CCC3(CCC(=O)N3)CC2)C[C@H]2CC[C@@H]1N2CC=C(C)C. The quantitative estimate of drug-likeness (QED) is 0.771. The smallest absolute Gasteiger partial charge is 0.230 e. The van der Waals surface area contributed by atoms with Gasteiger partial charge in [0.05, 0.1) is 5.41 Å². The number of allylic oxidation sites excluding steroid dienone is 1. The van der Waals surface area contributed by atoms with Gasteiger partial charge in [0.2, 0.25) is 11.8 Å². The Bertz CT molecular complexity index is 646. The van der Waals surface area contributed by atoms with Gasteiger partial charge in [0.15, 0.2) is 0 Å². The van der Waals surface area contributed by atoms with Crippen molar-refractivity contribution in [3.05, 3.63) is 11.6 Å². The Kier molecular flexibility index (Phi) is 4.86. The van der Waals surface area contributed by atoms with Gasteiger partial charge in [0.1, 0.15) is 0 Å². The van der Waals surface area contributed by atoms with Crippen molar-refractivity contribution in [2.24, 2.45) is 5.41 Å². The summed E-state index contributed by atoms with van der Waals surface area (Å²) in [4.78, 5) is 30.1. The first-order chi connectivity index (χ1) is 12.9. The fourth-order valence-electron chi connectivity index (χ4n) is 6.23. The van der Waals surface area contributed by atoms with Crippen LogP contribution in [0.2, 0.25) is 0 Å². The molecule has 0 unspecified atom stereocenters. The zero-order chi connectivity index (χ0) is 19.2. The van der Waals surface area contributed by atoms with E-state index in [0.717, 1.165) is 58.2 Å². The standard InChI is InChI=1S/C22H35N3O2/c1-4-22(15-17-5-6-18(22)25(17)12-8-16(2)3)20(27)24-13-10-21(11-14-24)9-7-19(26)23-21/h8,17-18H,4-7,9-15H2,1-3H3,(H,23,26)/t17-,18+,22+/m1/s1. The van der Waals surface area contributed by atoms with E-state index in [4.69, 9.17) is 0 Å². The maximum Gasteiger partial charge on any atom is 0.230 e. The van der Waals surface area contributed by atoms with Gasteiger partial charge in [0.25, 0.3) is 0 Å². The highest BCUT2D eigenvalue weighted by Gasteiger charge is 2.59. The molecule has 1 spiro atoms. The van der Waals surface area contributed by atoms with Gasteiger partial charge in [-0.1, -0.05) is 18.6 Å². The molecule has 0 aromatic rings. The van der Waals surface area contributed by atoms with Gasteiger partial charge in [0, 0.05) is 43.7 Å². The highest BCUT2D eigenvalue weighted by atomic mass is 16.2. The molecular weight excluding hydrogens is 338 g/mol. The second-order valence-electron chi connectivity index (χ2n) is 9.56. The zero-order valence-electron chi connectivity index (χ0n) is 17.2. The third kappa shape index (κ3) is 3.12. The van der Waals surface area contributed by atoms with Crippen molar-refractivity contribution in [3.8, 4) is 0 Å². The average molecular weight is 374 g/mol. The van der Waals surface area contributed by atoms with Crippen LogP contribution in [0.5, 0.6) is 0 Å². The second-order valence-corrected chi connectivity index (χ2v) is 9.56. The molecule has 0 aromatic heterocycles. The van der Waals surface area contributed by atoms with E-state index < -0.39 is 0 Å². The van der Waals surface area contributed by atoms with Crippen LogP contribution in [0.15, 0.2) is 11.6 Å². The van der Waals surface area contributed by atoms with Gasteiger partial charge in [-0.3, -0.25) is 14.5 Å². The molecule has 4 aliphatic rings. The lowest BCUT2D eigenvalue weighted by Gasteiger charge is -2.44. The summed E-state index contributed by atoms with van der Waals surface area (Å²) in [5.74, 6) is 0.571. The molecular formula is C22H35N3O2. The van der Waals surface area contributed by atoms with E-state index in [1.165, 1.54) is 12.0 Å². The van der Waals surface area contributed by atoms with Crippen molar-refractivity contribution < 1.29 is 9.59 Å². The largest absolute Gasteiger partial charge is 0.351 e. The third-order valence-corrected chi connectivity index (χ3v) is 7.89. The molecule has 0 saturated carbocycles. The Labute approximate surface area is 163 Å².